The molecule has 2 aliphatic carbocycles. The van der Waals surface area contributed by atoms with Crippen LogP contribution in [0.1, 0.15) is 48.6 Å². The van der Waals surface area contributed by atoms with E-state index in [9.17, 15) is 0 Å². The molecule has 4 heteroatoms. The number of para-hydroxylation sites is 1. The molecule has 4 nitrogen and oxygen atoms in total. The molecule has 12 rings (SSSR count). The fourth-order valence-corrected chi connectivity index (χ4v) is 10.2. The number of nitrogens with zero attached hydrogens (tertiary/aromatic N) is 3. The van der Waals surface area contributed by atoms with Crippen LogP contribution in [0.4, 0.5) is 0 Å². The summed E-state index contributed by atoms with van der Waals surface area (Å²) in [6.45, 7) is 6.95. The molecular formula is C56H39N3O. The normalized spacial score (nSPS) is 15.8. The molecule has 1 atom stereocenters. The van der Waals surface area contributed by atoms with Gasteiger partial charge in [-0.05, 0) is 74.7 Å². The summed E-state index contributed by atoms with van der Waals surface area (Å²) in [7, 11) is 0. The minimum Gasteiger partial charge on any atom is -0.455 e. The summed E-state index contributed by atoms with van der Waals surface area (Å²) in [5.41, 5.74) is 17.8. The zero-order valence-corrected chi connectivity index (χ0v) is 33.6. The van der Waals surface area contributed by atoms with Crippen molar-refractivity contribution >= 4 is 21.9 Å². The first-order chi connectivity index (χ1) is 29.4. The lowest BCUT2D eigenvalue weighted by Crippen LogP contribution is -2.22. The summed E-state index contributed by atoms with van der Waals surface area (Å²) in [6, 6.07) is 64.8. The third-order valence-electron chi connectivity index (χ3n) is 13.3. The Morgan fingerprint density at radius 1 is 0.383 bits per heavy atom. The van der Waals surface area contributed by atoms with Gasteiger partial charge in [-0.15, -0.1) is 0 Å². The molecular weight excluding hydrogens is 731 g/mol. The number of fused-ring (bicyclic) bond motifs is 9. The van der Waals surface area contributed by atoms with E-state index in [0.717, 1.165) is 49.8 Å². The van der Waals surface area contributed by atoms with E-state index in [-0.39, 0.29) is 10.8 Å². The third-order valence-corrected chi connectivity index (χ3v) is 13.3. The van der Waals surface area contributed by atoms with Crippen molar-refractivity contribution in [3.05, 3.63) is 210 Å². The number of aromatic nitrogens is 3. The number of benzene rings is 8. The smallest absolute Gasteiger partial charge is 0.164 e. The summed E-state index contributed by atoms with van der Waals surface area (Å²) in [5, 5.41) is 2.23. The van der Waals surface area contributed by atoms with Gasteiger partial charge in [0, 0.05) is 43.9 Å². The van der Waals surface area contributed by atoms with Gasteiger partial charge in [-0.25, -0.2) is 15.0 Å². The fraction of sp³-hybridized carbons (Fsp3) is 0.0893. The Morgan fingerprint density at radius 2 is 0.950 bits per heavy atom. The van der Waals surface area contributed by atoms with Crippen molar-refractivity contribution in [1.29, 1.82) is 0 Å². The highest BCUT2D eigenvalue weighted by molar-refractivity contribution is 6.11. The van der Waals surface area contributed by atoms with Crippen molar-refractivity contribution in [1.82, 2.24) is 15.0 Å². The Morgan fingerprint density at radius 3 is 1.72 bits per heavy atom. The van der Waals surface area contributed by atoms with Crippen molar-refractivity contribution in [2.75, 3.05) is 0 Å². The standard InChI is InChI=1S/C56H39N3O/c1-55(2)45-25-12-11-21-41(45)50-42(24-15-27-47(50)55)54-58-52(35-16-6-4-7-17-35)57-53(59-54)36-30-28-34(29-31-36)38-22-14-23-40-44-32-43-39-20-10-13-26-46(39)56(3,37-18-8-5-9-19-37)48(43)33-49(44)60-51(38)40/h4-33H,1-3H3. The average molecular weight is 770 g/mol. The van der Waals surface area contributed by atoms with Gasteiger partial charge in [-0.3, -0.25) is 0 Å². The summed E-state index contributed by atoms with van der Waals surface area (Å²) in [5.74, 6) is 1.94. The molecule has 60 heavy (non-hydrogen) atoms. The van der Waals surface area contributed by atoms with Crippen LogP contribution in [0.2, 0.25) is 0 Å². The molecule has 0 aliphatic heterocycles. The van der Waals surface area contributed by atoms with Crippen molar-refractivity contribution in [2.45, 2.75) is 31.6 Å². The molecule has 0 fully saturated rings. The molecule has 0 saturated carbocycles. The maximum absolute atomic E-state index is 6.88. The van der Waals surface area contributed by atoms with Gasteiger partial charge in [-0.2, -0.15) is 0 Å². The predicted octanol–water partition coefficient (Wildman–Crippen LogP) is 14.1. The van der Waals surface area contributed by atoms with Crippen LogP contribution < -0.4 is 0 Å². The van der Waals surface area contributed by atoms with Crippen LogP contribution >= 0.6 is 0 Å². The number of rotatable bonds is 5. The van der Waals surface area contributed by atoms with E-state index < -0.39 is 0 Å². The van der Waals surface area contributed by atoms with Crippen LogP contribution in [0, 0.1) is 0 Å². The first-order valence-corrected chi connectivity index (χ1v) is 20.7. The minimum absolute atomic E-state index is 0.132. The molecule has 8 aromatic carbocycles. The van der Waals surface area contributed by atoms with E-state index in [1.54, 1.807) is 0 Å². The lowest BCUT2D eigenvalue weighted by atomic mass is 9.74. The molecule has 0 bridgehead atoms. The largest absolute Gasteiger partial charge is 0.455 e. The van der Waals surface area contributed by atoms with Gasteiger partial charge in [-0.1, -0.05) is 184 Å². The molecule has 0 spiro atoms. The zero-order chi connectivity index (χ0) is 40.2. The Balaban J connectivity index is 0.974. The van der Waals surface area contributed by atoms with E-state index in [0.29, 0.717) is 17.5 Å². The van der Waals surface area contributed by atoms with Crippen molar-refractivity contribution in [3.8, 4) is 67.5 Å². The molecule has 2 aliphatic rings. The SMILES string of the molecule is CC1(C)c2ccccc2-c2c(-c3nc(-c4ccccc4)nc(-c4ccc(-c5cccc6c5oc5cc7c(cc56)-c5ccccc5C7(C)c5ccccc5)cc4)n3)cccc21. The highest BCUT2D eigenvalue weighted by Crippen LogP contribution is 2.55. The minimum atomic E-state index is -0.296. The number of hydrogen-bond acceptors (Lipinski definition) is 4. The van der Waals surface area contributed by atoms with Crippen molar-refractivity contribution in [3.63, 3.8) is 0 Å². The van der Waals surface area contributed by atoms with Crippen LogP contribution in [0.3, 0.4) is 0 Å². The lowest BCUT2D eigenvalue weighted by molar-refractivity contribution is 0.660. The van der Waals surface area contributed by atoms with Crippen LogP contribution in [0.15, 0.2) is 186 Å². The van der Waals surface area contributed by atoms with Crippen LogP contribution in [0.5, 0.6) is 0 Å². The van der Waals surface area contributed by atoms with Gasteiger partial charge in [0.25, 0.3) is 0 Å². The quantitative estimate of drug-likeness (QED) is 0.175. The maximum atomic E-state index is 6.88. The van der Waals surface area contributed by atoms with Crippen LogP contribution in [-0.2, 0) is 10.8 Å². The van der Waals surface area contributed by atoms with E-state index in [4.69, 9.17) is 19.4 Å². The summed E-state index contributed by atoms with van der Waals surface area (Å²) >= 11 is 0. The molecule has 0 N–H and O–H groups in total. The summed E-state index contributed by atoms with van der Waals surface area (Å²) in [6.07, 6.45) is 0. The Kier molecular flexibility index (Phi) is 7.37. The highest BCUT2D eigenvalue weighted by atomic mass is 16.3. The van der Waals surface area contributed by atoms with Crippen LogP contribution in [-0.4, -0.2) is 15.0 Å². The number of hydrogen-bond donors (Lipinski definition) is 0. The highest BCUT2D eigenvalue weighted by Gasteiger charge is 2.41. The average Bonchev–Trinajstić information content (AvgIpc) is 3.89. The Labute approximate surface area is 348 Å². The molecule has 2 heterocycles. The second-order valence-corrected chi connectivity index (χ2v) is 16.9. The van der Waals surface area contributed by atoms with Gasteiger partial charge < -0.3 is 4.42 Å². The van der Waals surface area contributed by atoms with Gasteiger partial charge in [0.2, 0.25) is 0 Å². The topological polar surface area (TPSA) is 51.8 Å². The van der Waals surface area contributed by atoms with Gasteiger partial charge in [0.05, 0.1) is 0 Å². The molecule has 2 aromatic heterocycles. The van der Waals surface area contributed by atoms with Gasteiger partial charge >= 0.3 is 0 Å². The number of furan rings is 1. The second kappa shape index (κ2) is 12.8. The first kappa shape index (κ1) is 34.6. The molecule has 10 aromatic rings. The first-order valence-electron chi connectivity index (χ1n) is 20.7. The van der Waals surface area contributed by atoms with Crippen LogP contribution in [0.25, 0.3) is 89.5 Å². The lowest BCUT2D eigenvalue weighted by Gasteiger charge is -2.28. The van der Waals surface area contributed by atoms with Gasteiger partial charge in [0.15, 0.2) is 17.5 Å². The monoisotopic (exact) mass is 769 g/mol. The third kappa shape index (κ3) is 4.94. The molecule has 0 radical (unpaired) electrons. The summed E-state index contributed by atoms with van der Waals surface area (Å²) < 4.78 is 6.88. The van der Waals surface area contributed by atoms with E-state index >= 15 is 0 Å². The van der Waals surface area contributed by atoms with Crippen molar-refractivity contribution < 1.29 is 4.42 Å². The molecule has 284 valence electrons. The fourth-order valence-electron chi connectivity index (χ4n) is 10.2. The van der Waals surface area contributed by atoms with Gasteiger partial charge in [0.1, 0.15) is 11.2 Å². The second-order valence-electron chi connectivity index (χ2n) is 16.9. The molecule has 0 saturated heterocycles. The molecule has 1 unspecified atom stereocenters. The van der Waals surface area contributed by atoms with E-state index in [1.807, 2.05) is 18.2 Å². The molecule has 0 amide bonds. The Hall–Kier alpha value is -7.43. The van der Waals surface area contributed by atoms with Crippen molar-refractivity contribution in [2.24, 2.45) is 0 Å². The zero-order valence-electron chi connectivity index (χ0n) is 33.6. The predicted molar refractivity (Wildman–Crippen MR) is 244 cm³/mol. The summed E-state index contributed by atoms with van der Waals surface area (Å²) in [4.78, 5) is 15.4. The Bertz CT molecular complexity index is 3350. The van der Waals surface area contributed by atoms with E-state index in [1.165, 1.54) is 50.1 Å². The maximum Gasteiger partial charge on any atom is 0.164 e. The van der Waals surface area contributed by atoms with E-state index in [2.05, 4.69) is 185 Å².